The topological polar surface area (TPSA) is 12.0 Å². The highest BCUT2D eigenvalue weighted by molar-refractivity contribution is 5.19. The van der Waals surface area contributed by atoms with Crippen molar-refractivity contribution in [2.75, 3.05) is 13.1 Å². The average molecular weight is 225 g/mol. The van der Waals surface area contributed by atoms with Crippen molar-refractivity contribution in [2.45, 2.75) is 19.8 Å². The molecule has 2 atom stereocenters. The lowest BCUT2D eigenvalue weighted by molar-refractivity contribution is 0.299. The summed E-state index contributed by atoms with van der Waals surface area (Å²) < 4.78 is 26.4. The van der Waals surface area contributed by atoms with Gasteiger partial charge >= 0.3 is 0 Å². The maximum Gasteiger partial charge on any atom is 0.126 e. The lowest BCUT2D eigenvalue weighted by Crippen LogP contribution is -2.36. The van der Waals surface area contributed by atoms with Gasteiger partial charge in [0, 0.05) is 0 Å². The number of piperidine rings is 1. The van der Waals surface area contributed by atoms with Gasteiger partial charge in [0.05, 0.1) is 0 Å². The van der Waals surface area contributed by atoms with E-state index < -0.39 is 0 Å². The maximum atomic E-state index is 13.4. The van der Waals surface area contributed by atoms with Crippen molar-refractivity contribution in [1.82, 2.24) is 5.32 Å². The lowest BCUT2D eigenvalue weighted by Gasteiger charge is -2.27. The summed E-state index contributed by atoms with van der Waals surface area (Å²) in [5.41, 5.74) is 0.501. The van der Waals surface area contributed by atoms with E-state index >= 15 is 0 Å². The van der Waals surface area contributed by atoms with Gasteiger partial charge < -0.3 is 5.32 Å². The van der Waals surface area contributed by atoms with Crippen molar-refractivity contribution in [1.29, 1.82) is 0 Å². The molecule has 2 unspecified atom stereocenters. The molecule has 1 heterocycles. The van der Waals surface area contributed by atoms with Gasteiger partial charge in [-0.1, -0.05) is 6.92 Å². The van der Waals surface area contributed by atoms with E-state index in [2.05, 4.69) is 12.2 Å². The van der Waals surface area contributed by atoms with Crippen LogP contribution in [0.1, 0.15) is 18.9 Å². The van der Waals surface area contributed by atoms with E-state index in [-0.39, 0.29) is 11.6 Å². The van der Waals surface area contributed by atoms with Gasteiger partial charge in [-0.2, -0.15) is 0 Å². The molecule has 0 radical (unpaired) electrons. The van der Waals surface area contributed by atoms with Crippen LogP contribution in [0.25, 0.3) is 0 Å². The number of hydrogen-bond donors (Lipinski definition) is 1. The third-order valence-electron chi connectivity index (χ3n) is 3.18. The quantitative estimate of drug-likeness (QED) is 0.816. The zero-order valence-electron chi connectivity index (χ0n) is 9.47. The van der Waals surface area contributed by atoms with Crippen LogP contribution in [0.5, 0.6) is 0 Å². The largest absolute Gasteiger partial charge is 0.316 e. The monoisotopic (exact) mass is 225 g/mol. The van der Waals surface area contributed by atoms with Gasteiger partial charge in [0.25, 0.3) is 0 Å². The highest BCUT2D eigenvalue weighted by atomic mass is 19.1. The second-order valence-electron chi connectivity index (χ2n) is 4.81. The molecule has 0 aliphatic carbocycles. The van der Waals surface area contributed by atoms with Crippen LogP contribution in [-0.2, 0) is 6.42 Å². The van der Waals surface area contributed by atoms with Crippen molar-refractivity contribution in [2.24, 2.45) is 11.8 Å². The van der Waals surface area contributed by atoms with Crippen molar-refractivity contribution in [3.8, 4) is 0 Å². The van der Waals surface area contributed by atoms with Crippen LogP contribution in [0.4, 0.5) is 8.78 Å². The van der Waals surface area contributed by atoms with Crippen molar-refractivity contribution >= 4 is 0 Å². The first-order valence-electron chi connectivity index (χ1n) is 5.80. The van der Waals surface area contributed by atoms with Gasteiger partial charge in [0.2, 0.25) is 0 Å². The van der Waals surface area contributed by atoms with Crippen LogP contribution in [0.15, 0.2) is 18.2 Å². The van der Waals surface area contributed by atoms with Crippen LogP contribution < -0.4 is 5.32 Å². The van der Waals surface area contributed by atoms with Gasteiger partial charge in [-0.25, -0.2) is 8.78 Å². The molecule has 1 aliphatic heterocycles. The Morgan fingerprint density at radius 3 is 2.88 bits per heavy atom. The summed E-state index contributed by atoms with van der Waals surface area (Å²) in [6, 6.07) is 3.69. The predicted octanol–water partition coefficient (Wildman–Crippen LogP) is 2.75. The molecule has 3 heteroatoms. The molecule has 88 valence electrons. The van der Waals surface area contributed by atoms with Crippen molar-refractivity contribution in [3.05, 3.63) is 35.4 Å². The summed E-state index contributed by atoms with van der Waals surface area (Å²) >= 11 is 0. The highest BCUT2D eigenvalue weighted by Gasteiger charge is 2.20. The number of nitrogens with one attached hydrogen (secondary N) is 1. The average Bonchev–Trinajstić information content (AvgIpc) is 2.24. The van der Waals surface area contributed by atoms with Crippen LogP contribution in [0, 0.1) is 23.5 Å². The maximum absolute atomic E-state index is 13.4. The van der Waals surface area contributed by atoms with Gasteiger partial charge in [-0.15, -0.1) is 0 Å². The summed E-state index contributed by atoms with van der Waals surface area (Å²) in [4.78, 5) is 0. The fraction of sp³-hybridized carbons (Fsp3) is 0.538. The Balaban J connectivity index is 2.05. The summed E-state index contributed by atoms with van der Waals surface area (Å²) in [5.74, 6) is 0.392. The Morgan fingerprint density at radius 1 is 1.31 bits per heavy atom. The first kappa shape index (κ1) is 11.5. The molecule has 2 rings (SSSR count). The first-order valence-corrected chi connectivity index (χ1v) is 5.80. The molecule has 0 bridgehead atoms. The summed E-state index contributed by atoms with van der Waals surface area (Å²) in [6.45, 7) is 4.11. The number of halogens is 2. The minimum atomic E-state index is -0.354. The third-order valence-corrected chi connectivity index (χ3v) is 3.18. The Kier molecular flexibility index (Phi) is 3.54. The SMILES string of the molecule is CC1CNCC(Cc2cc(F)ccc2F)C1. The summed E-state index contributed by atoms with van der Waals surface area (Å²) in [7, 11) is 0. The molecule has 0 amide bonds. The van der Waals surface area contributed by atoms with Crippen LogP contribution in [0.3, 0.4) is 0 Å². The van der Waals surface area contributed by atoms with Gasteiger partial charge in [0.1, 0.15) is 11.6 Å². The molecule has 0 aromatic heterocycles. The van der Waals surface area contributed by atoms with Crippen molar-refractivity contribution < 1.29 is 8.78 Å². The minimum Gasteiger partial charge on any atom is -0.316 e. The summed E-state index contributed by atoms with van der Waals surface area (Å²) in [5, 5.41) is 3.32. The molecule has 1 fully saturated rings. The van der Waals surface area contributed by atoms with E-state index in [0.717, 1.165) is 19.5 Å². The van der Waals surface area contributed by atoms with Crippen molar-refractivity contribution in [3.63, 3.8) is 0 Å². The van der Waals surface area contributed by atoms with Crippen LogP contribution in [-0.4, -0.2) is 13.1 Å². The predicted molar refractivity (Wildman–Crippen MR) is 60.2 cm³/mol. The minimum absolute atomic E-state index is 0.292. The zero-order valence-corrected chi connectivity index (χ0v) is 9.47. The Labute approximate surface area is 94.9 Å². The van der Waals surface area contributed by atoms with E-state index in [1.54, 1.807) is 0 Å². The van der Waals surface area contributed by atoms with E-state index in [1.807, 2.05) is 0 Å². The first-order chi connectivity index (χ1) is 7.65. The number of benzene rings is 1. The van der Waals surface area contributed by atoms with E-state index in [4.69, 9.17) is 0 Å². The molecule has 1 saturated heterocycles. The normalized spacial score (nSPS) is 25.7. The standard InChI is InChI=1S/C13H17F2N/c1-9-4-10(8-16-7-9)5-11-6-12(14)2-3-13(11)15/h2-3,6,9-10,16H,4-5,7-8H2,1H3. The van der Waals surface area contributed by atoms with E-state index in [1.165, 1.54) is 18.2 Å². The second-order valence-corrected chi connectivity index (χ2v) is 4.81. The second kappa shape index (κ2) is 4.91. The molecule has 1 aromatic carbocycles. The van der Waals surface area contributed by atoms with E-state index in [0.29, 0.717) is 23.8 Å². The third kappa shape index (κ3) is 2.79. The molecule has 1 N–H and O–H groups in total. The molecule has 16 heavy (non-hydrogen) atoms. The number of rotatable bonds is 2. The van der Waals surface area contributed by atoms with Crippen LogP contribution in [0.2, 0.25) is 0 Å². The summed E-state index contributed by atoms with van der Waals surface area (Å²) in [6.07, 6.45) is 1.71. The smallest absolute Gasteiger partial charge is 0.126 e. The zero-order chi connectivity index (χ0) is 11.5. The molecule has 0 spiro atoms. The van der Waals surface area contributed by atoms with Gasteiger partial charge in [-0.05, 0) is 61.5 Å². The lowest BCUT2D eigenvalue weighted by atomic mass is 9.87. The Bertz CT molecular complexity index is 365. The molecular weight excluding hydrogens is 208 g/mol. The molecule has 1 nitrogen and oxygen atoms in total. The van der Waals surface area contributed by atoms with Crippen LogP contribution >= 0.6 is 0 Å². The molecule has 1 aromatic rings. The Morgan fingerprint density at radius 2 is 2.12 bits per heavy atom. The Hall–Kier alpha value is -0.960. The van der Waals surface area contributed by atoms with Gasteiger partial charge in [0.15, 0.2) is 0 Å². The fourth-order valence-electron chi connectivity index (χ4n) is 2.44. The molecular formula is C13H17F2N. The molecule has 1 aliphatic rings. The number of hydrogen-bond acceptors (Lipinski definition) is 1. The highest BCUT2D eigenvalue weighted by Crippen LogP contribution is 2.22. The van der Waals surface area contributed by atoms with Gasteiger partial charge in [-0.3, -0.25) is 0 Å². The molecule has 0 saturated carbocycles. The van der Waals surface area contributed by atoms with E-state index in [9.17, 15) is 8.78 Å². The fourth-order valence-corrected chi connectivity index (χ4v) is 2.44.